The van der Waals surface area contributed by atoms with Crippen LogP contribution in [0.15, 0.2) is 60.7 Å². The number of esters is 2. The smallest absolute Gasteiger partial charge is 0.338 e. The Morgan fingerprint density at radius 2 is 1.04 bits per heavy atom. The van der Waals surface area contributed by atoms with E-state index in [9.17, 15) is 9.59 Å². The van der Waals surface area contributed by atoms with E-state index in [1.165, 1.54) is 14.2 Å². The molecule has 2 atom stereocenters. The highest BCUT2D eigenvalue weighted by Gasteiger charge is 2.37. The van der Waals surface area contributed by atoms with Gasteiger partial charge in [-0.25, -0.2) is 9.59 Å². The topological polar surface area (TPSA) is 71.1 Å². The van der Waals surface area contributed by atoms with Crippen molar-refractivity contribution in [1.82, 2.24) is 0 Å². The molecule has 0 spiro atoms. The molecule has 0 heterocycles. The molecule has 0 N–H and O–H groups in total. The summed E-state index contributed by atoms with van der Waals surface area (Å²) in [4.78, 5) is 24.3. The maximum absolute atomic E-state index is 12.2. The van der Waals surface area contributed by atoms with E-state index in [0.29, 0.717) is 0 Å². The van der Waals surface area contributed by atoms with Gasteiger partial charge in [0, 0.05) is 0 Å². The molecule has 0 aliphatic carbocycles. The van der Waals surface area contributed by atoms with Crippen molar-refractivity contribution in [1.29, 1.82) is 0 Å². The number of carbonyl (C=O) groups is 2. The van der Waals surface area contributed by atoms with Gasteiger partial charge in [-0.1, -0.05) is 60.7 Å². The van der Waals surface area contributed by atoms with Crippen molar-refractivity contribution in [2.75, 3.05) is 14.2 Å². The summed E-state index contributed by atoms with van der Waals surface area (Å²) in [7, 11) is 2.46. The highest BCUT2D eigenvalue weighted by atomic mass is 16.6. The second-order valence-corrected chi connectivity index (χ2v) is 5.48. The molecule has 0 amide bonds. The Morgan fingerprint density at radius 1 is 0.692 bits per heavy atom. The molecule has 6 nitrogen and oxygen atoms in total. The zero-order chi connectivity index (χ0) is 18.8. The molecule has 0 aliphatic heterocycles. The quantitative estimate of drug-likeness (QED) is 0.642. The minimum atomic E-state index is -1.24. The minimum absolute atomic E-state index is 0.128. The average molecular weight is 358 g/mol. The molecule has 26 heavy (non-hydrogen) atoms. The van der Waals surface area contributed by atoms with Gasteiger partial charge in [0.15, 0.2) is 12.2 Å². The van der Waals surface area contributed by atoms with E-state index in [0.717, 1.165) is 11.1 Å². The molecular formula is C20H22O6. The SMILES string of the molecule is COC(=O)C(OCc1ccccc1)C(OCc1ccccc1)C(=O)OC. The third-order valence-corrected chi connectivity index (χ3v) is 3.69. The summed E-state index contributed by atoms with van der Waals surface area (Å²) in [5.74, 6) is -1.41. The lowest BCUT2D eigenvalue weighted by Crippen LogP contribution is -2.44. The molecule has 0 fully saturated rings. The van der Waals surface area contributed by atoms with Gasteiger partial charge in [0.25, 0.3) is 0 Å². The molecule has 0 saturated heterocycles. The van der Waals surface area contributed by atoms with E-state index >= 15 is 0 Å². The molecule has 0 radical (unpaired) electrons. The summed E-state index contributed by atoms with van der Waals surface area (Å²) >= 11 is 0. The maximum atomic E-state index is 12.2. The van der Waals surface area contributed by atoms with Gasteiger partial charge in [-0.2, -0.15) is 0 Å². The number of methoxy groups -OCH3 is 2. The van der Waals surface area contributed by atoms with Crippen LogP contribution >= 0.6 is 0 Å². The van der Waals surface area contributed by atoms with Crippen LogP contribution in [-0.4, -0.2) is 38.4 Å². The number of carbonyl (C=O) groups excluding carboxylic acids is 2. The molecule has 6 heteroatoms. The van der Waals surface area contributed by atoms with Crippen LogP contribution in [0.3, 0.4) is 0 Å². The van der Waals surface area contributed by atoms with Crippen molar-refractivity contribution >= 4 is 11.9 Å². The van der Waals surface area contributed by atoms with E-state index in [4.69, 9.17) is 18.9 Å². The third kappa shape index (κ3) is 5.68. The Morgan fingerprint density at radius 3 is 1.35 bits per heavy atom. The van der Waals surface area contributed by atoms with Crippen molar-refractivity contribution in [3.8, 4) is 0 Å². The first-order valence-corrected chi connectivity index (χ1v) is 8.12. The van der Waals surface area contributed by atoms with Crippen molar-refractivity contribution in [3.63, 3.8) is 0 Å². The summed E-state index contributed by atoms with van der Waals surface area (Å²) in [5.41, 5.74) is 1.71. The molecule has 2 rings (SSSR count). The summed E-state index contributed by atoms with van der Waals surface area (Å²) in [6.07, 6.45) is -2.48. The Bertz CT molecular complexity index is 624. The van der Waals surface area contributed by atoms with Crippen molar-refractivity contribution in [2.24, 2.45) is 0 Å². The van der Waals surface area contributed by atoms with E-state index in [1.54, 1.807) is 0 Å². The highest BCUT2D eigenvalue weighted by molar-refractivity contribution is 5.85. The lowest BCUT2D eigenvalue weighted by Gasteiger charge is -2.23. The summed E-state index contributed by atoms with van der Waals surface area (Å²) in [6, 6.07) is 18.6. The standard InChI is InChI=1S/C20H22O6/c1-23-19(21)17(25-13-15-9-5-3-6-10-15)18(20(22)24-2)26-14-16-11-7-4-8-12-16/h3-12,17-18H,13-14H2,1-2H3. The molecule has 2 unspecified atom stereocenters. The summed E-state index contributed by atoms with van der Waals surface area (Å²) in [6.45, 7) is 0.256. The van der Waals surface area contributed by atoms with Gasteiger partial charge in [-0.05, 0) is 11.1 Å². The first-order chi connectivity index (χ1) is 12.7. The second-order valence-electron chi connectivity index (χ2n) is 5.48. The van der Waals surface area contributed by atoms with Crippen LogP contribution in [0.1, 0.15) is 11.1 Å². The van der Waals surface area contributed by atoms with Crippen molar-refractivity contribution in [3.05, 3.63) is 71.8 Å². The lowest BCUT2D eigenvalue weighted by atomic mass is 10.1. The normalized spacial score (nSPS) is 12.8. The predicted octanol–water partition coefficient (Wildman–Crippen LogP) is 2.50. The van der Waals surface area contributed by atoms with Gasteiger partial charge in [0.1, 0.15) is 0 Å². The number of ether oxygens (including phenoxy) is 4. The maximum Gasteiger partial charge on any atom is 0.338 e. The van der Waals surface area contributed by atoms with Crippen LogP contribution in [0.5, 0.6) is 0 Å². The second kappa shape index (κ2) is 10.3. The van der Waals surface area contributed by atoms with Crippen LogP contribution in [0.25, 0.3) is 0 Å². The van der Waals surface area contributed by atoms with E-state index in [-0.39, 0.29) is 13.2 Å². The Hall–Kier alpha value is -2.70. The van der Waals surface area contributed by atoms with E-state index in [1.807, 2.05) is 60.7 Å². The Kier molecular flexibility index (Phi) is 7.79. The molecule has 2 aromatic carbocycles. The lowest BCUT2D eigenvalue weighted by molar-refractivity contribution is -0.182. The van der Waals surface area contributed by atoms with Gasteiger partial charge in [0.05, 0.1) is 27.4 Å². The molecule has 0 aromatic heterocycles. The zero-order valence-corrected chi connectivity index (χ0v) is 14.8. The van der Waals surface area contributed by atoms with Crippen LogP contribution in [0.4, 0.5) is 0 Å². The predicted molar refractivity (Wildman–Crippen MR) is 94.1 cm³/mol. The molecule has 0 bridgehead atoms. The highest BCUT2D eigenvalue weighted by Crippen LogP contribution is 2.14. The average Bonchev–Trinajstić information content (AvgIpc) is 2.70. The number of hydrogen-bond acceptors (Lipinski definition) is 6. The number of benzene rings is 2. The van der Waals surface area contributed by atoms with Gasteiger partial charge < -0.3 is 18.9 Å². The van der Waals surface area contributed by atoms with Gasteiger partial charge in [-0.3, -0.25) is 0 Å². The molecular weight excluding hydrogens is 336 g/mol. The van der Waals surface area contributed by atoms with Crippen LogP contribution in [0.2, 0.25) is 0 Å². The minimum Gasteiger partial charge on any atom is -0.467 e. The Labute approximate surface area is 152 Å². The molecule has 2 aromatic rings. The van der Waals surface area contributed by atoms with E-state index in [2.05, 4.69) is 0 Å². The largest absolute Gasteiger partial charge is 0.467 e. The fourth-order valence-corrected chi connectivity index (χ4v) is 2.31. The fourth-order valence-electron chi connectivity index (χ4n) is 2.31. The zero-order valence-electron chi connectivity index (χ0n) is 14.8. The van der Waals surface area contributed by atoms with Crippen molar-refractivity contribution < 1.29 is 28.5 Å². The van der Waals surface area contributed by atoms with Crippen LogP contribution < -0.4 is 0 Å². The fraction of sp³-hybridized carbons (Fsp3) is 0.300. The number of rotatable bonds is 9. The summed E-state index contributed by atoms with van der Waals surface area (Å²) < 4.78 is 20.9. The molecule has 0 saturated carbocycles. The van der Waals surface area contributed by atoms with Gasteiger partial charge in [0.2, 0.25) is 0 Å². The van der Waals surface area contributed by atoms with Crippen LogP contribution in [-0.2, 0) is 41.8 Å². The van der Waals surface area contributed by atoms with Gasteiger partial charge in [-0.15, -0.1) is 0 Å². The first-order valence-electron chi connectivity index (χ1n) is 8.12. The number of hydrogen-bond donors (Lipinski definition) is 0. The Balaban J connectivity index is 2.12. The summed E-state index contributed by atoms with van der Waals surface area (Å²) in [5, 5.41) is 0. The monoisotopic (exact) mass is 358 g/mol. The van der Waals surface area contributed by atoms with Crippen molar-refractivity contribution in [2.45, 2.75) is 25.4 Å². The first kappa shape index (κ1) is 19.6. The third-order valence-electron chi connectivity index (χ3n) is 3.69. The van der Waals surface area contributed by atoms with E-state index < -0.39 is 24.1 Å². The molecule has 138 valence electrons. The van der Waals surface area contributed by atoms with Crippen LogP contribution in [0, 0.1) is 0 Å². The molecule has 0 aliphatic rings. The van der Waals surface area contributed by atoms with Gasteiger partial charge >= 0.3 is 11.9 Å².